The van der Waals surface area contributed by atoms with Crippen LogP contribution in [0.4, 0.5) is 0 Å². The van der Waals surface area contributed by atoms with Gasteiger partial charge in [0.25, 0.3) is 0 Å². The summed E-state index contributed by atoms with van der Waals surface area (Å²) in [5.74, 6) is 1.99. The molecule has 0 amide bonds. The molecule has 4 heteroatoms. The van der Waals surface area contributed by atoms with E-state index >= 15 is 0 Å². The molecule has 0 unspecified atom stereocenters. The van der Waals surface area contributed by atoms with Gasteiger partial charge < -0.3 is 0 Å². The van der Waals surface area contributed by atoms with Gasteiger partial charge in [-0.2, -0.15) is 0 Å². The number of benzene rings is 7. The van der Waals surface area contributed by atoms with Gasteiger partial charge in [0.15, 0.2) is 17.5 Å². The van der Waals surface area contributed by atoms with E-state index in [2.05, 4.69) is 178 Å². The molecule has 0 aliphatic heterocycles. The summed E-state index contributed by atoms with van der Waals surface area (Å²) in [6, 6.07) is 58.3. The number of fused-ring (bicyclic) bond motifs is 6. The van der Waals surface area contributed by atoms with Crippen molar-refractivity contribution < 1.29 is 0 Å². The highest BCUT2D eigenvalue weighted by atomic mass is 32.1. The van der Waals surface area contributed by atoms with Crippen LogP contribution in [0.5, 0.6) is 0 Å². The molecule has 9 aromatic rings. The highest BCUT2D eigenvalue weighted by Gasteiger charge is 2.35. The van der Waals surface area contributed by atoms with Gasteiger partial charge in [0.05, 0.1) is 0 Å². The van der Waals surface area contributed by atoms with Crippen molar-refractivity contribution in [3.8, 4) is 67.5 Å². The summed E-state index contributed by atoms with van der Waals surface area (Å²) in [5, 5.41) is 2.47. The minimum absolute atomic E-state index is 0.145. The Morgan fingerprint density at radius 3 is 1.81 bits per heavy atom. The van der Waals surface area contributed by atoms with Crippen molar-refractivity contribution in [2.24, 2.45) is 0 Å². The molecule has 0 saturated heterocycles. The molecule has 0 bridgehead atoms. The van der Waals surface area contributed by atoms with Gasteiger partial charge in [0.2, 0.25) is 0 Å². The van der Waals surface area contributed by atoms with Crippen LogP contribution in [0.2, 0.25) is 0 Å². The summed E-state index contributed by atoms with van der Waals surface area (Å²) in [5.41, 5.74) is 12.5. The van der Waals surface area contributed by atoms with Crippen LogP contribution in [0, 0.1) is 0 Å². The number of nitrogens with zero attached hydrogens (tertiary/aromatic N) is 3. The quantitative estimate of drug-likeness (QED) is 0.181. The highest BCUT2D eigenvalue weighted by Crippen LogP contribution is 2.49. The molecule has 0 radical (unpaired) electrons. The first kappa shape index (κ1) is 30.6. The zero-order valence-electron chi connectivity index (χ0n) is 28.8. The molecule has 0 atom stereocenters. The first-order chi connectivity index (χ1) is 25.5. The average molecular weight is 684 g/mol. The fraction of sp³-hybridized carbons (Fsp3) is 0.0625. The maximum Gasteiger partial charge on any atom is 0.165 e. The lowest BCUT2D eigenvalue weighted by Crippen LogP contribution is -2.15. The SMILES string of the molecule is CC1(C)c2ccccc2-c2ccc(-c3nc(-c4cc(-c5ccccc5)ccc4-c4ccccc4)nc(-c4cccc5c4sc4ccccc45)n3)cc21. The lowest BCUT2D eigenvalue weighted by molar-refractivity contribution is 0.660. The third-order valence-corrected chi connectivity index (χ3v) is 11.8. The standard InChI is InChI=1S/C48H33N3S/c1-48(2)41-22-11-9-18-35(41)36-27-25-33(29-42(36)48)45-49-46(39-21-13-20-38-37-19-10-12-23-43(37)52-44(38)39)51-47(50-45)40-28-32(30-14-5-3-6-15-30)24-26-34(40)31-16-7-4-8-17-31/h3-29H,1-2H3. The summed E-state index contributed by atoms with van der Waals surface area (Å²) in [7, 11) is 0. The van der Waals surface area contributed by atoms with Crippen molar-refractivity contribution in [2.75, 3.05) is 0 Å². The number of hydrogen-bond acceptors (Lipinski definition) is 4. The average Bonchev–Trinajstić information content (AvgIpc) is 3.70. The Kier molecular flexibility index (Phi) is 7.02. The van der Waals surface area contributed by atoms with E-state index in [0.717, 1.165) is 38.9 Å². The topological polar surface area (TPSA) is 38.7 Å². The van der Waals surface area contributed by atoms with Crippen molar-refractivity contribution in [3.63, 3.8) is 0 Å². The summed E-state index contributed by atoms with van der Waals surface area (Å²) >= 11 is 1.79. The van der Waals surface area contributed by atoms with Crippen LogP contribution in [0.25, 0.3) is 87.7 Å². The van der Waals surface area contributed by atoms with E-state index < -0.39 is 0 Å². The van der Waals surface area contributed by atoms with Gasteiger partial charge in [-0.05, 0) is 68.8 Å². The van der Waals surface area contributed by atoms with Gasteiger partial charge >= 0.3 is 0 Å². The lowest BCUT2D eigenvalue weighted by atomic mass is 9.82. The van der Waals surface area contributed by atoms with Gasteiger partial charge in [-0.25, -0.2) is 15.0 Å². The van der Waals surface area contributed by atoms with E-state index in [1.54, 1.807) is 11.3 Å². The normalized spacial score (nSPS) is 13.0. The Morgan fingerprint density at radius 1 is 0.385 bits per heavy atom. The predicted molar refractivity (Wildman–Crippen MR) is 217 cm³/mol. The summed E-state index contributed by atoms with van der Waals surface area (Å²) in [6.45, 7) is 4.63. The maximum absolute atomic E-state index is 5.36. The number of aromatic nitrogens is 3. The monoisotopic (exact) mass is 683 g/mol. The third-order valence-electron chi connectivity index (χ3n) is 10.6. The van der Waals surface area contributed by atoms with Crippen LogP contribution in [0.3, 0.4) is 0 Å². The maximum atomic E-state index is 5.36. The van der Waals surface area contributed by atoms with Gasteiger partial charge in [-0.1, -0.05) is 153 Å². The molecule has 7 aromatic carbocycles. The Balaban J connectivity index is 1.24. The molecule has 0 N–H and O–H groups in total. The Labute approximate surface area is 307 Å². The zero-order valence-corrected chi connectivity index (χ0v) is 29.7. The molecule has 1 aliphatic rings. The molecule has 2 heterocycles. The van der Waals surface area contributed by atoms with E-state index in [1.807, 2.05) is 0 Å². The minimum Gasteiger partial charge on any atom is -0.208 e. The largest absolute Gasteiger partial charge is 0.208 e. The second-order valence-corrected chi connectivity index (χ2v) is 15.1. The van der Waals surface area contributed by atoms with Gasteiger partial charge in [-0.15, -0.1) is 11.3 Å². The number of hydrogen-bond donors (Lipinski definition) is 0. The zero-order chi connectivity index (χ0) is 34.8. The first-order valence-electron chi connectivity index (χ1n) is 17.7. The molecule has 0 saturated carbocycles. The Morgan fingerprint density at radius 2 is 0.981 bits per heavy atom. The molecule has 52 heavy (non-hydrogen) atoms. The van der Waals surface area contributed by atoms with Crippen LogP contribution in [-0.2, 0) is 5.41 Å². The van der Waals surface area contributed by atoms with Crippen LogP contribution in [0.1, 0.15) is 25.0 Å². The molecule has 246 valence electrons. The number of thiophene rings is 1. The second-order valence-electron chi connectivity index (χ2n) is 14.0. The van der Waals surface area contributed by atoms with Crippen molar-refractivity contribution >= 4 is 31.5 Å². The minimum atomic E-state index is -0.145. The van der Waals surface area contributed by atoms with Gasteiger partial charge in [0.1, 0.15) is 0 Å². The number of rotatable bonds is 5. The second kappa shape index (κ2) is 11.9. The molecule has 0 fully saturated rings. The molecular weight excluding hydrogens is 651 g/mol. The van der Waals surface area contributed by atoms with Crippen LogP contribution in [-0.4, -0.2) is 15.0 Å². The van der Waals surface area contributed by atoms with Crippen LogP contribution in [0.15, 0.2) is 164 Å². The first-order valence-corrected chi connectivity index (χ1v) is 18.5. The van der Waals surface area contributed by atoms with Crippen molar-refractivity contribution in [2.45, 2.75) is 19.3 Å². The predicted octanol–water partition coefficient (Wildman–Crippen LogP) is 12.9. The van der Waals surface area contributed by atoms with Crippen molar-refractivity contribution in [1.29, 1.82) is 0 Å². The van der Waals surface area contributed by atoms with E-state index in [9.17, 15) is 0 Å². The van der Waals surface area contributed by atoms with Gasteiger partial charge in [0, 0.05) is 42.3 Å². The molecular formula is C48H33N3S. The van der Waals surface area contributed by atoms with E-state index in [4.69, 9.17) is 15.0 Å². The van der Waals surface area contributed by atoms with Crippen molar-refractivity contribution in [1.82, 2.24) is 15.0 Å². The summed E-state index contributed by atoms with van der Waals surface area (Å²) in [6.07, 6.45) is 0. The molecule has 1 aliphatic carbocycles. The fourth-order valence-electron chi connectivity index (χ4n) is 7.92. The molecule has 0 spiro atoms. The third kappa shape index (κ3) is 4.90. The lowest BCUT2D eigenvalue weighted by Gasteiger charge is -2.22. The van der Waals surface area contributed by atoms with Crippen molar-refractivity contribution in [3.05, 3.63) is 175 Å². The van der Waals surface area contributed by atoms with E-state index in [1.165, 1.54) is 42.4 Å². The fourth-order valence-corrected chi connectivity index (χ4v) is 9.13. The smallest absolute Gasteiger partial charge is 0.165 e. The summed E-state index contributed by atoms with van der Waals surface area (Å²) < 4.78 is 2.43. The molecule has 3 nitrogen and oxygen atoms in total. The van der Waals surface area contributed by atoms with Crippen LogP contribution < -0.4 is 0 Å². The molecule has 10 rings (SSSR count). The highest BCUT2D eigenvalue weighted by molar-refractivity contribution is 7.26. The van der Waals surface area contributed by atoms with Crippen LogP contribution >= 0.6 is 11.3 Å². The van der Waals surface area contributed by atoms with E-state index in [0.29, 0.717) is 17.5 Å². The Hall–Kier alpha value is -6.23. The van der Waals surface area contributed by atoms with E-state index in [-0.39, 0.29) is 5.41 Å². The summed E-state index contributed by atoms with van der Waals surface area (Å²) in [4.78, 5) is 16.0. The van der Waals surface area contributed by atoms with Gasteiger partial charge in [-0.3, -0.25) is 0 Å². The molecule has 2 aromatic heterocycles. The Bertz CT molecular complexity index is 2820.